The van der Waals surface area contributed by atoms with E-state index in [1.54, 1.807) is 11.3 Å². The van der Waals surface area contributed by atoms with Crippen LogP contribution in [0.3, 0.4) is 0 Å². The molecular weight excluding hydrogens is 443 g/mol. The lowest BCUT2D eigenvalue weighted by atomic mass is 9.99. The van der Waals surface area contributed by atoms with Crippen molar-refractivity contribution in [3.8, 4) is 0 Å². The largest absolute Gasteiger partial charge is 0.357 e. The lowest BCUT2D eigenvalue weighted by molar-refractivity contribution is 0.486. The summed E-state index contributed by atoms with van der Waals surface area (Å²) in [5.74, 6) is 1.62. The molecule has 1 saturated heterocycles. The maximum absolute atomic E-state index is 4.82. The van der Waals surface area contributed by atoms with Gasteiger partial charge in [-0.3, -0.25) is 0 Å². The van der Waals surface area contributed by atoms with Crippen molar-refractivity contribution >= 4 is 41.3 Å². The molecule has 0 saturated carbocycles. The number of nitrogens with zero attached hydrogens (tertiary/aromatic N) is 3. The monoisotopic (exact) mass is 470 g/mol. The predicted molar refractivity (Wildman–Crippen MR) is 117 cm³/mol. The van der Waals surface area contributed by atoms with Crippen molar-refractivity contribution in [2.24, 2.45) is 4.99 Å². The number of thiazole rings is 1. The average molecular weight is 470 g/mol. The van der Waals surface area contributed by atoms with Crippen molar-refractivity contribution in [2.75, 3.05) is 19.6 Å². The number of aromatic nitrogens is 1. The zero-order chi connectivity index (χ0) is 16.8. The summed E-state index contributed by atoms with van der Waals surface area (Å²) in [4.78, 5) is 13.0. The molecule has 1 fully saturated rings. The van der Waals surface area contributed by atoms with E-state index in [4.69, 9.17) is 4.99 Å². The van der Waals surface area contributed by atoms with Gasteiger partial charge in [0, 0.05) is 36.6 Å². The smallest absolute Gasteiger partial charge is 0.194 e. The van der Waals surface area contributed by atoms with E-state index in [0.717, 1.165) is 37.0 Å². The second-order valence-corrected chi connectivity index (χ2v) is 7.29. The summed E-state index contributed by atoms with van der Waals surface area (Å²) in [6.45, 7) is 7.94. The molecule has 1 aromatic carbocycles. The van der Waals surface area contributed by atoms with Crippen LogP contribution in [-0.2, 0) is 13.0 Å². The molecule has 1 unspecified atom stereocenters. The summed E-state index contributed by atoms with van der Waals surface area (Å²) < 4.78 is 0. The zero-order valence-corrected chi connectivity index (χ0v) is 18.1. The first kappa shape index (κ1) is 20.2. The van der Waals surface area contributed by atoms with Crippen LogP contribution in [0.2, 0.25) is 0 Å². The number of rotatable bonds is 5. The van der Waals surface area contributed by atoms with Gasteiger partial charge in [0.2, 0.25) is 0 Å². The highest BCUT2D eigenvalue weighted by molar-refractivity contribution is 14.0. The Balaban J connectivity index is 0.00000225. The minimum absolute atomic E-state index is 0. The summed E-state index contributed by atoms with van der Waals surface area (Å²) in [5, 5.41) is 4.54. The Morgan fingerprint density at radius 1 is 1.32 bits per heavy atom. The third-order valence-corrected chi connectivity index (χ3v) is 5.53. The summed E-state index contributed by atoms with van der Waals surface area (Å²) >= 11 is 1.77. The number of guanidine groups is 1. The Morgan fingerprint density at radius 2 is 2.12 bits per heavy atom. The van der Waals surface area contributed by atoms with Crippen molar-refractivity contribution < 1.29 is 0 Å². The van der Waals surface area contributed by atoms with Crippen molar-refractivity contribution in [1.29, 1.82) is 0 Å². The number of likely N-dealkylation sites (tertiary alicyclic amines) is 1. The van der Waals surface area contributed by atoms with E-state index in [0.29, 0.717) is 12.5 Å². The lowest BCUT2D eigenvalue weighted by Gasteiger charge is -2.21. The van der Waals surface area contributed by atoms with Crippen LogP contribution in [0.4, 0.5) is 0 Å². The van der Waals surface area contributed by atoms with E-state index in [1.165, 1.54) is 16.9 Å². The molecule has 1 aliphatic heterocycles. The third-order valence-electron chi connectivity index (χ3n) is 4.41. The van der Waals surface area contributed by atoms with Crippen LogP contribution < -0.4 is 5.32 Å². The summed E-state index contributed by atoms with van der Waals surface area (Å²) in [7, 11) is 0. The SMILES string of the molecule is CCNC(=NCc1ncc(CC)s1)N1CCC(c2ccccc2)C1.I. The van der Waals surface area contributed by atoms with Gasteiger partial charge in [-0.2, -0.15) is 0 Å². The van der Waals surface area contributed by atoms with Gasteiger partial charge in [0.25, 0.3) is 0 Å². The van der Waals surface area contributed by atoms with Crippen molar-refractivity contribution in [1.82, 2.24) is 15.2 Å². The number of aryl methyl sites for hydroxylation is 1. The first-order chi connectivity index (χ1) is 11.8. The molecule has 1 aliphatic rings. The van der Waals surface area contributed by atoms with Crippen molar-refractivity contribution in [2.45, 2.75) is 39.2 Å². The molecule has 1 atom stereocenters. The molecule has 25 heavy (non-hydrogen) atoms. The molecule has 6 heteroatoms. The van der Waals surface area contributed by atoms with Gasteiger partial charge in [-0.25, -0.2) is 9.98 Å². The fraction of sp³-hybridized carbons (Fsp3) is 0.474. The fourth-order valence-corrected chi connectivity index (χ4v) is 3.89. The minimum Gasteiger partial charge on any atom is -0.357 e. The molecule has 0 radical (unpaired) electrons. The van der Waals surface area contributed by atoms with Crippen LogP contribution in [0.15, 0.2) is 41.5 Å². The molecule has 2 aromatic rings. The number of nitrogens with one attached hydrogen (secondary N) is 1. The number of benzene rings is 1. The summed E-state index contributed by atoms with van der Waals surface area (Å²) in [6, 6.07) is 10.8. The number of aliphatic imine (C=N–C) groups is 1. The van der Waals surface area contributed by atoms with Crippen LogP contribution in [0.1, 0.15) is 41.6 Å². The number of hydrogen-bond acceptors (Lipinski definition) is 3. The summed E-state index contributed by atoms with van der Waals surface area (Å²) in [6.07, 6.45) is 4.21. The summed E-state index contributed by atoms with van der Waals surface area (Å²) in [5.41, 5.74) is 1.43. The van der Waals surface area contributed by atoms with E-state index in [1.807, 2.05) is 6.20 Å². The zero-order valence-electron chi connectivity index (χ0n) is 14.9. The van der Waals surface area contributed by atoms with Crippen LogP contribution in [0, 0.1) is 0 Å². The fourth-order valence-electron chi connectivity index (χ4n) is 3.10. The Bertz CT molecular complexity index is 671. The predicted octanol–water partition coefficient (Wildman–Crippen LogP) is 4.28. The average Bonchev–Trinajstić information content (AvgIpc) is 3.29. The van der Waals surface area contributed by atoms with Gasteiger partial charge in [0.15, 0.2) is 5.96 Å². The number of halogens is 1. The topological polar surface area (TPSA) is 40.5 Å². The second kappa shape index (κ2) is 10.1. The van der Waals surface area contributed by atoms with E-state index in [2.05, 4.69) is 59.4 Å². The normalized spacial score (nSPS) is 17.4. The van der Waals surface area contributed by atoms with E-state index >= 15 is 0 Å². The first-order valence-electron chi connectivity index (χ1n) is 8.82. The third kappa shape index (κ3) is 5.41. The van der Waals surface area contributed by atoms with Crippen LogP contribution in [0.5, 0.6) is 0 Å². The van der Waals surface area contributed by atoms with Crippen molar-refractivity contribution in [3.05, 3.63) is 52.0 Å². The van der Waals surface area contributed by atoms with E-state index in [-0.39, 0.29) is 24.0 Å². The van der Waals surface area contributed by atoms with Gasteiger partial charge in [0.1, 0.15) is 5.01 Å². The standard InChI is InChI=1S/C19H26N4S.HI/c1-3-17-12-21-18(24-17)13-22-19(20-4-2)23-11-10-16(14-23)15-8-6-5-7-9-15;/h5-9,12,16H,3-4,10-11,13-14H2,1-2H3,(H,20,22);1H. The Labute approximate surface area is 171 Å². The maximum atomic E-state index is 4.82. The molecule has 2 heterocycles. The van der Waals surface area contributed by atoms with Gasteiger partial charge >= 0.3 is 0 Å². The highest BCUT2D eigenvalue weighted by Crippen LogP contribution is 2.27. The van der Waals surface area contributed by atoms with Gasteiger partial charge in [0.05, 0.1) is 6.54 Å². The number of hydrogen-bond donors (Lipinski definition) is 1. The van der Waals surface area contributed by atoms with Gasteiger partial charge in [-0.05, 0) is 25.3 Å². The van der Waals surface area contributed by atoms with Gasteiger partial charge in [-0.15, -0.1) is 35.3 Å². The van der Waals surface area contributed by atoms with Crippen LogP contribution in [0.25, 0.3) is 0 Å². The van der Waals surface area contributed by atoms with E-state index < -0.39 is 0 Å². The molecule has 0 amide bonds. The first-order valence-corrected chi connectivity index (χ1v) is 9.63. The van der Waals surface area contributed by atoms with Gasteiger partial charge < -0.3 is 10.2 Å². The van der Waals surface area contributed by atoms with Crippen LogP contribution >= 0.6 is 35.3 Å². The van der Waals surface area contributed by atoms with Crippen molar-refractivity contribution in [3.63, 3.8) is 0 Å². The Kier molecular flexibility index (Phi) is 8.15. The minimum atomic E-state index is 0. The molecular formula is C19H27IN4S. The molecule has 3 rings (SSSR count). The molecule has 0 bridgehead atoms. The maximum Gasteiger partial charge on any atom is 0.194 e. The molecule has 1 aromatic heterocycles. The molecule has 0 aliphatic carbocycles. The highest BCUT2D eigenvalue weighted by atomic mass is 127. The Hall–Kier alpha value is -1.15. The molecule has 0 spiro atoms. The molecule has 1 N–H and O–H groups in total. The quantitative estimate of drug-likeness (QED) is 0.403. The highest BCUT2D eigenvalue weighted by Gasteiger charge is 2.25. The molecule has 136 valence electrons. The second-order valence-electron chi connectivity index (χ2n) is 6.09. The Morgan fingerprint density at radius 3 is 2.80 bits per heavy atom. The van der Waals surface area contributed by atoms with E-state index in [9.17, 15) is 0 Å². The lowest BCUT2D eigenvalue weighted by Crippen LogP contribution is -2.40. The molecule has 4 nitrogen and oxygen atoms in total. The van der Waals surface area contributed by atoms with Crippen LogP contribution in [-0.4, -0.2) is 35.5 Å². The van der Waals surface area contributed by atoms with Gasteiger partial charge in [-0.1, -0.05) is 37.3 Å².